The quantitative estimate of drug-likeness (QED) is 0.205. The van der Waals surface area contributed by atoms with Crippen LogP contribution >= 0.6 is 11.8 Å². The number of nitriles is 1. The number of hydrogen-bond acceptors (Lipinski definition) is 5. The van der Waals surface area contributed by atoms with Crippen molar-refractivity contribution in [2.75, 3.05) is 19.5 Å². The summed E-state index contributed by atoms with van der Waals surface area (Å²) in [5.41, 5.74) is 4.41. The number of aromatic nitrogens is 1. The molecule has 0 aliphatic carbocycles. The SMILES string of the molecule is COc1ccccc1OCCCSc1nc(-c2ccccc2)cc(-c2ccccc2)c1C#N. The third kappa shape index (κ3) is 5.54. The van der Waals surface area contributed by atoms with Crippen molar-refractivity contribution in [1.82, 2.24) is 4.98 Å². The van der Waals surface area contributed by atoms with E-state index in [0.717, 1.165) is 51.1 Å². The van der Waals surface area contributed by atoms with Crippen molar-refractivity contribution < 1.29 is 9.47 Å². The molecule has 0 radical (unpaired) electrons. The standard InChI is InChI=1S/C28H24N2O2S/c1-31-26-15-8-9-16-27(26)32-17-10-18-33-28-24(20-29)23(21-11-4-2-5-12-21)19-25(30-28)22-13-6-3-7-14-22/h2-9,11-16,19H,10,17-18H2,1H3. The van der Waals surface area contributed by atoms with Gasteiger partial charge in [0.15, 0.2) is 11.5 Å². The van der Waals surface area contributed by atoms with Crippen molar-refractivity contribution in [3.05, 3.63) is 96.6 Å². The summed E-state index contributed by atoms with van der Waals surface area (Å²) >= 11 is 1.59. The maximum Gasteiger partial charge on any atom is 0.161 e. The highest BCUT2D eigenvalue weighted by molar-refractivity contribution is 7.99. The van der Waals surface area contributed by atoms with Gasteiger partial charge in [0.25, 0.3) is 0 Å². The maximum atomic E-state index is 9.99. The van der Waals surface area contributed by atoms with Crippen LogP contribution in [0.5, 0.6) is 11.5 Å². The molecule has 3 aromatic carbocycles. The Labute approximate surface area is 198 Å². The topological polar surface area (TPSA) is 55.1 Å². The van der Waals surface area contributed by atoms with E-state index in [2.05, 4.69) is 6.07 Å². The van der Waals surface area contributed by atoms with Crippen molar-refractivity contribution in [2.45, 2.75) is 11.4 Å². The molecule has 4 nitrogen and oxygen atoms in total. The molecule has 0 aliphatic rings. The zero-order chi connectivity index (χ0) is 22.9. The van der Waals surface area contributed by atoms with Crippen molar-refractivity contribution in [2.24, 2.45) is 0 Å². The van der Waals surface area contributed by atoms with Gasteiger partial charge in [0.2, 0.25) is 0 Å². The van der Waals surface area contributed by atoms with Gasteiger partial charge in [-0.25, -0.2) is 4.98 Å². The van der Waals surface area contributed by atoms with Crippen LogP contribution in [0.3, 0.4) is 0 Å². The van der Waals surface area contributed by atoms with E-state index in [9.17, 15) is 5.26 Å². The van der Waals surface area contributed by atoms with Gasteiger partial charge in [-0.1, -0.05) is 72.8 Å². The van der Waals surface area contributed by atoms with E-state index in [1.807, 2.05) is 91.0 Å². The van der Waals surface area contributed by atoms with E-state index in [-0.39, 0.29) is 0 Å². The lowest BCUT2D eigenvalue weighted by Gasteiger charge is -2.13. The highest BCUT2D eigenvalue weighted by Crippen LogP contribution is 2.34. The highest BCUT2D eigenvalue weighted by Gasteiger charge is 2.15. The number of benzene rings is 3. The number of rotatable bonds is 9. The molecule has 0 saturated carbocycles. The van der Waals surface area contributed by atoms with Crippen LogP contribution in [0.4, 0.5) is 0 Å². The zero-order valence-electron chi connectivity index (χ0n) is 18.4. The smallest absolute Gasteiger partial charge is 0.161 e. The van der Waals surface area contributed by atoms with Crippen LogP contribution in [0.1, 0.15) is 12.0 Å². The molecule has 0 bridgehead atoms. The van der Waals surface area contributed by atoms with Gasteiger partial charge < -0.3 is 9.47 Å². The molecule has 0 spiro atoms. The molecule has 4 aromatic rings. The molecule has 1 heterocycles. The van der Waals surface area contributed by atoms with Gasteiger partial charge in [-0.05, 0) is 30.2 Å². The zero-order valence-corrected chi connectivity index (χ0v) is 19.2. The minimum absolute atomic E-state index is 0.555. The number of ether oxygens (including phenoxy) is 2. The van der Waals surface area contributed by atoms with E-state index in [1.54, 1.807) is 18.9 Å². The minimum Gasteiger partial charge on any atom is -0.493 e. The fourth-order valence-corrected chi connectivity index (χ4v) is 4.40. The second-order valence-electron chi connectivity index (χ2n) is 7.28. The second kappa shape index (κ2) is 11.2. The molecule has 0 saturated heterocycles. The van der Waals surface area contributed by atoms with Crippen LogP contribution in [0.25, 0.3) is 22.4 Å². The highest BCUT2D eigenvalue weighted by atomic mass is 32.2. The van der Waals surface area contributed by atoms with E-state index in [1.165, 1.54) is 0 Å². The van der Waals surface area contributed by atoms with Gasteiger partial charge in [0.05, 0.1) is 25.0 Å². The first-order chi connectivity index (χ1) is 16.3. The molecule has 0 unspecified atom stereocenters. The minimum atomic E-state index is 0.555. The number of pyridine rings is 1. The Balaban J connectivity index is 1.54. The Bertz CT molecular complexity index is 1240. The van der Waals surface area contributed by atoms with Crippen LogP contribution in [0.15, 0.2) is 96.0 Å². The molecule has 0 amide bonds. The molecule has 0 N–H and O–H groups in total. The molecule has 0 atom stereocenters. The lowest BCUT2D eigenvalue weighted by Crippen LogP contribution is -2.01. The van der Waals surface area contributed by atoms with Crippen molar-refractivity contribution in [1.29, 1.82) is 5.26 Å². The normalized spacial score (nSPS) is 10.4. The third-order valence-corrected chi connectivity index (χ3v) is 6.17. The van der Waals surface area contributed by atoms with E-state index < -0.39 is 0 Å². The van der Waals surface area contributed by atoms with Crippen LogP contribution in [0, 0.1) is 11.3 Å². The van der Waals surface area contributed by atoms with Crippen LogP contribution in [-0.2, 0) is 0 Å². The van der Waals surface area contributed by atoms with Crippen molar-refractivity contribution >= 4 is 11.8 Å². The third-order valence-electron chi connectivity index (χ3n) is 5.11. The lowest BCUT2D eigenvalue weighted by molar-refractivity contribution is 0.295. The van der Waals surface area contributed by atoms with E-state index in [4.69, 9.17) is 14.5 Å². The average Bonchev–Trinajstić information content (AvgIpc) is 2.89. The van der Waals surface area contributed by atoms with Gasteiger partial charge in [-0.15, -0.1) is 11.8 Å². The van der Waals surface area contributed by atoms with Gasteiger partial charge in [0.1, 0.15) is 11.1 Å². The number of thioether (sulfide) groups is 1. The maximum absolute atomic E-state index is 9.99. The fourth-order valence-electron chi connectivity index (χ4n) is 3.48. The Kier molecular flexibility index (Phi) is 7.63. The summed E-state index contributed by atoms with van der Waals surface area (Å²) in [4.78, 5) is 4.86. The van der Waals surface area contributed by atoms with E-state index in [0.29, 0.717) is 12.2 Å². The van der Waals surface area contributed by atoms with Gasteiger partial charge >= 0.3 is 0 Å². The summed E-state index contributed by atoms with van der Waals surface area (Å²) in [5, 5.41) is 10.7. The van der Waals surface area contributed by atoms with Gasteiger partial charge in [0, 0.05) is 16.9 Å². The van der Waals surface area contributed by atoms with Gasteiger partial charge in [-0.2, -0.15) is 5.26 Å². The Morgan fingerprint density at radius 3 is 2.15 bits per heavy atom. The van der Waals surface area contributed by atoms with Crippen molar-refractivity contribution in [3.63, 3.8) is 0 Å². The number of nitrogens with zero attached hydrogens (tertiary/aromatic N) is 2. The number of methoxy groups -OCH3 is 1. The molecule has 5 heteroatoms. The monoisotopic (exact) mass is 452 g/mol. The Hall–Kier alpha value is -3.75. The summed E-state index contributed by atoms with van der Waals surface area (Å²) in [6, 6.07) is 32.1. The second-order valence-corrected chi connectivity index (χ2v) is 8.36. The number of para-hydroxylation sites is 2. The Morgan fingerprint density at radius 2 is 1.48 bits per heavy atom. The predicted octanol–water partition coefficient (Wildman–Crippen LogP) is 6.86. The molecule has 0 fully saturated rings. The first kappa shape index (κ1) is 22.4. The summed E-state index contributed by atoms with van der Waals surface area (Å²) < 4.78 is 11.2. The molecular formula is C28H24N2O2S. The number of hydrogen-bond donors (Lipinski definition) is 0. The predicted molar refractivity (Wildman–Crippen MR) is 134 cm³/mol. The first-order valence-corrected chi connectivity index (χ1v) is 11.7. The molecule has 1 aromatic heterocycles. The largest absolute Gasteiger partial charge is 0.493 e. The molecule has 164 valence electrons. The van der Waals surface area contributed by atoms with Crippen molar-refractivity contribution in [3.8, 4) is 40.0 Å². The van der Waals surface area contributed by atoms with Crippen LogP contribution in [0.2, 0.25) is 0 Å². The van der Waals surface area contributed by atoms with Crippen LogP contribution in [-0.4, -0.2) is 24.5 Å². The summed E-state index contributed by atoms with van der Waals surface area (Å²) in [6.07, 6.45) is 0.811. The Morgan fingerprint density at radius 1 is 0.848 bits per heavy atom. The average molecular weight is 453 g/mol. The van der Waals surface area contributed by atoms with Gasteiger partial charge in [-0.3, -0.25) is 0 Å². The molecular weight excluding hydrogens is 428 g/mol. The lowest BCUT2D eigenvalue weighted by atomic mass is 9.99. The van der Waals surface area contributed by atoms with E-state index >= 15 is 0 Å². The summed E-state index contributed by atoms with van der Waals surface area (Å²) in [7, 11) is 1.64. The molecule has 0 aliphatic heterocycles. The first-order valence-electron chi connectivity index (χ1n) is 10.7. The fraction of sp³-hybridized carbons (Fsp3) is 0.143. The summed E-state index contributed by atoms with van der Waals surface area (Å²) in [6.45, 7) is 0.555. The molecule has 33 heavy (non-hydrogen) atoms. The van der Waals surface area contributed by atoms with Crippen LogP contribution < -0.4 is 9.47 Å². The molecule has 4 rings (SSSR count). The summed E-state index contributed by atoms with van der Waals surface area (Å²) in [5.74, 6) is 2.24.